The second-order valence-electron chi connectivity index (χ2n) is 3.87. The zero-order valence-corrected chi connectivity index (χ0v) is 12.8. The van der Waals surface area contributed by atoms with E-state index in [2.05, 4.69) is 29.2 Å². The minimum absolute atomic E-state index is 0.0137. The Hall–Kier alpha value is -2.35. The Morgan fingerprint density at radius 1 is 1.41 bits per heavy atom. The van der Waals surface area contributed by atoms with Crippen molar-refractivity contribution in [2.45, 2.75) is 5.75 Å². The van der Waals surface area contributed by atoms with Crippen molar-refractivity contribution >= 4 is 45.6 Å². The fourth-order valence-corrected chi connectivity index (χ4v) is 2.80. The van der Waals surface area contributed by atoms with Crippen molar-refractivity contribution in [3.05, 3.63) is 5.82 Å². The van der Waals surface area contributed by atoms with Gasteiger partial charge in [-0.2, -0.15) is 30.2 Å². The highest BCUT2D eigenvalue weighted by Crippen LogP contribution is 2.13. The van der Waals surface area contributed by atoms with E-state index in [-0.39, 0.29) is 23.6 Å². The minimum atomic E-state index is -3.73. The van der Waals surface area contributed by atoms with Crippen LogP contribution in [0.15, 0.2) is 18.9 Å². The summed E-state index contributed by atoms with van der Waals surface area (Å²) >= 11 is 1.46. The SMILES string of the molecule is NC(N)=Nc1nc(CSCCN=C2NS(=O)(=O)N=C2N)no1. The molecule has 0 saturated carbocycles. The number of thioether (sulfide) groups is 1. The third-order valence-corrected chi connectivity index (χ3v) is 3.93. The van der Waals surface area contributed by atoms with Gasteiger partial charge in [0.2, 0.25) is 0 Å². The summed E-state index contributed by atoms with van der Waals surface area (Å²) < 4.78 is 32.3. The summed E-state index contributed by atoms with van der Waals surface area (Å²) in [5.41, 5.74) is 15.8. The van der Waals surface area contributed by atoms with E-state index < -0.39 is 10.2 Å². The summed E-state index contributed by atoms with van der Waals surface area (Å²) in [7, 11) is -3.73. The van der Waals surface area contributed by atoms with Crippen LogP contribution in [0, 0.1) is 0 Å². The molecule has 0 aliphatic carbocycles. The van der Waals surface area contributed by atoms with Gasteiger partial charge in [0.1, 0.15) is 0 Å². The lowest BCUT2D eigenvalue weighted by molar-refractivity contribution is 0.423. The molecule has 2 heterocycles. The number of hydrogen-bond donors (Lipinski definition) is 4. The van der Waals surface area contributed by atoms with Crippen LogP contribution in [0.4, 0.5) is 6.01 Å². The van der Waals surface area contributed by atoms with Gasteiger partial charge in [0, 0.05) is 5.75 Å². The van der Waals surface area contributed by atoms with E-state index in [1.165, 1.54) is 11.8 Å². The molecule has 1 aromatic heterocycles. The van der Waals surface area contributed by atoms with Gasteiger partial charge in [0.25, 0.3) is 0 Å². The van der Waals surface area contributed by atoms with Gasteiger partial charge < -0.3 is 21.7 Å². The second kappa shape index (κ2) is 6.61. The second-order valence-corrected chi connectivity index (χ2v) is 6.31. The van der Waals surface area contributed by atoms with Gasteiger partial charge in [-0.3, -0.25) is 4.99 Å². The van der Waals surface area contributed by atoms with Crippen LogP contribution in [0.5, 0.6) is 0 Å². The summed E-state index contributed by atoms with van der Waals surface area (Å²) in [6.07, 6.45) is 0. The smallest absolute Gasteiger partial charge is 0.350 e. The number of amidine groups is 2. The summed E-state index contributed by atoms with van der Waals surface area (Å²) in [6, 6.07) is -0.0137. The van der Waals surface area contributed by atoms with Gasteiger partial charge in [-0.15, -0.1) is 4.40 Å². The van der Waals surface area contributed by atoms with Crippen LogP contribution in [0.2, 0.25) is 0 Å². The topological polar surface area (TPSA) is 200 Å². The number of nitrogens with two attached hydrogens (primary N) is 3. The van der Waals surface area contributed by atoms with Crippen molar-refractivity contribution < 1.29 is 12.9 Å². The first-order valence-corrected chi connectivity index (χ1v) is 8.38. The van der Waals surface area contributed by atoms with Crippen LogP contribution in [-0.2, 0) is 16.0 Å². The molecular formula is C8H13N9O3S2. The number of guanidine groups is 1. The Balaban J connectivity index is 1.75. The molecule has 0 fully saturated rings. The molecule has 2 rings (SSSR count). The number of hydrogen-bond acceptors (Lipinski definition) is 9. The van der Waals surface area contributed by atoms with E-state index in [4.69, 9.17) is 21.7 Å². The molecule has 0 radical (unpaired) electrons. The summed E-state index contributed by atoms with van der Waals surface area (Å²) in [5.74, 6) is 1.21. The highest BCUT2D eigenvalue weighted by atomic mass is 32.2. The Bertz CT molecular complexity index is 732. The molecule has 0 unspecified atom stereocenters. The summed E-state index contributed by atoms with van der Waals surface area (Å²) in [4.78, 5) is 11.6. The van der Waals surface area contributed by atoms with Crippen molar-refractivity contribution in [1.29, 1.82) is 0 Å². The average molecular weight is 347 g/mol. The van der Waals surface area contributed by atoms with Crippen LogP contribution in [0.1, 0.15) is 5.82 Å². The van der Waals surface area contributed by atoms with Gasteiger partial charge in [-0.1, -0.05) is 5.16 Å². The lowest BCUT2D eigenvalue weighted by Gasteiger charge is -1.98. The standard InChI is InChI=1S/C8H13N9O3S2/c9-5-6(17-22(18,19)16-5)12-1-2-21-3-4-13-8(20-15-4)14-7(10)11/h1-3H2,(H2,9,16)(H,12,17)(H4,10,11,13,14,15). The maximum Gasteiger partial charge on any atom is 0.350 e. The number of aromatic nitrogens is 2. The highest BCUT2D eigenvalue weighted by molar-refractivity contribution is 7.98. The number of aliphatic imine (C=N–C) groups is 2. The molecular weight excluding hydrogens is 334 g/mol. The molecule has 7 N–H and O–H groups in total. The van der Waals surface area contributed by atoms with Crippen LogP contribution < -0.4 is 21.9 Å². The molecule has 0 bridgehead atoms. The predicted octanol–water partition coefficient (Wildman–Crippen LogP) is -2.19. The Kier molecular flexibility index (Phi) is 4.81. The molecule has 22 heavy (non-hydrogen) atoms. The molecule has 0 atom stereocenters. The summed E-state index contributed by atoms with van der Waals surface area (Å²) in [5, 5.41) is 3.68. The van der Waals surface area contributed by atoms with Crippen LogP contribution in [-0.4, -0.2) is 48.5 Å². The van der Waals surface area contributed by atoms with Crippen LogP contribution in [0.25, 0.3) is 0 Å². The maximum atomic E-state index is 11.1. The van der Waals surface area contributed by atoms with Gasteiger partial charge >= 0.3 is 16.2 Å². The lowest BCUT2D eigenvalue weighted by atomic mass is 10.5. The minimum Gasteiger partial charge on any atom is -0.380 e. The molecule has 1 aliphatic rings. The molecule has 14 heteroatoms. The number of nitrogens with one attached hydrogen (secondary N) is 1. The number of rotatable bonds is 6. The fourth-order valence-electron chi connectivity index (χ4n) is 1.33. The van der Waals surface area contributed by atoms with Gasteiger partial charge in [0.05, 0.1) is 12.3 Å². The Labute approximate surface area is 129 Å². The van der Waals surface area contributed by atoms with Gasteiger partial charge in [-0.25, -0.2) is 4.72 Å². The van der Waals surface area contributed by atoms with E-state index in [9.17, 15) is 8.42 Å². The largest absolute Gasteiger partial charge is 0.380 e. The Morgan fingerprint density at radius 3 is 2.82 bits per heavy atom. The van der Waals surface area contributed by atoms with Crippen molar-refractivity contribution in [2.24, 2.45) is 31.6 Å². The molecule has 120 valence electrons. The van der Waals surface area contributed by atoms with Crippen molar-refractivity contribution in [2.75, 3.05) is 12.3 Å². The summed E-state index contributed by atoms with van der Waals surface area (Å²) in [6.45, 7) is 0.345. The monoisotopic (exact) mass is 347 g/mol. The third kappa shape index (κ3) is 4.59. The van der Waals surface area contributed by atoms with E-state index in [1.807, 2.05) is 0 Å². The maximum absolute atomic E-state index is 11.1. The quantitative estimate of drug-likeness (QED) is 0.250. The molecule has 0 spiro atoms. The first kappa shape index (κ1) is 16.0. The zero-order valence-electron chi connectivity index (χ0n) is 11.1. The highest BCUT2D eigenvalue weighted by Gasteiger charge is 2.23. The van der Waals surface area contributed by atoms with Gasteiger partial charge in [0.15, 0.2) is 23.5 Å². The fraction of sp³-hybridized carbons (Fsp3) is 0.375. The van der Waals surface area contributed by atoms with Gasteiger partial charge in [-0.05, 0) is 0 Å². The first-order chi connectivity index (χ1) is 10.4. The van der Waals surface area contributed by atoms with E-state index in [0.29, 0.717) is 23.9 Å². The van der Waals surface area contributed by atoms with Crippen molar-refractivity contribution in [1.82, 2.24) is 14.9 Å². The molecule has 1 aromatic rings. The van der Waals surface area contributed by atoms with Crippen LogP contribution >= 0.6 is 11.8 Å². The molecule has 0 saturated heterocycles. The van der Waals surface area contributed by atoms with E-state index >= 15 is 0 Å². The van der Waals surface area contributed by atoms with E-state index in [1.54, 1.807) is 0 Å². The van der Waals surface area contributed by atoms with Crippen LogP contribution in [0.3, 0.4) is 0 Å². The Morgan fingerprint density at radius 2 is 2.18 bits per heavy atom. The van der Waals surface area contributed by atoms with Crippen molar-refractivity contribution in [3.63, 3.8) is 0 Å². The number of nitrogens with zero attached hydrogens (tertiary/aromatic N) is 5. The molecule has 12 nitrogen and oxygen atoms in total. The zero-order chi connectivity index (χ0) is 16.2. The third-order valence-electron chi connectivity index (χ3n) is 2.11. The molecule has 0 aromatic carbocycles. The first-order valence-electron chi connectivity index (χ1n) is 5.79. The molecule has 1 aliphatic heterocycles. The predicted molar refractivity (Wildman–Crippen MR) is 81.9 cm³/mol. The van der Waals surface area contributed by atoms with Crippen molar-refractivity contribution in [3.8, 4) is 0 Å². The van der Waals surface area contributed by atoms with E-state index in [0.717, 1.165) is 0 Å². The normalized spacial score (nSPS) is 18.0. The lowest BCUT2D eigenvalue weighted by Crippen LogP contribution is -2.31. The molecule has 0 amide bonds. The average Bonchev–Trinajstić information content (AvgIpc) is 2.92.